The summed E-state index contributed by atoms with van der Waals surface area (Å²) < 4.78 is 11.5. The zero-order chi connectivity index (χ0) is 23.1. The second kappa shape index (κ2) is 8.20. The number of rotatable bonds is 4. The fourth-order valence-electron chi connectivity index (χ4n) is 4.86. The molecule has 0 bridgehead atoms. The van der Waals surface area contributed by atoms with E-state index < -0.39 is 16.8 Å². The molecule has 0 N–H and O–H groups in total. The standard InChI is InChI=1S/C25H22N2O6/c1-32-25(29)21-19(15-8-7-9-16(14-15)27(30)31)20-22(28)17-10-3-4-11-18(17)23(20)33-24(21)26-12-5-2-6-13-26/h3-4,7-11,14,19H,2,5-6,12-13H2,1H3. The van der Waals surface area contributed by atoms with Gasteiger partial charge >= 0.3 is 5.97 Å². The van der Waals surface area contributed by atoms with Crippen LogP contribution in [0.2, 0.25) is 0 Å². The number of carbonyl (C=O) groups is 2. The van der Waals surface area contributed by atoms with E-state index in [2.05, 4.69) is 0 Å². The van der Waals surface area contributed by atoms with Crippen molar-refractivity contribution in [3.63, 3.8) is 0 Å². The Bertz CT molecular complexity index is 1240. The van der Waals surface area contributed by atoms with Crippen molar-refractivity contribution < 1.29 is 24.0 Å². The van der Waals surface area contributed by atoms with Gasteiger partial charge in [0, 0.05) is 36.3 Å². The van der Waals surface area contributed by atoms with Gasteiger partial charge in [-0.1, -0.05) is 36.4 Å². The molecule has 0 spiro atoms. The lowest BCUT2D eigenvalue weighted by Gasteiger charge is -2.36. The molecule has 0 amide bonds. The maximum absolute atomic E-state index is 13.5. The number of fused-ring (bicyclic) bond motifs is 2. The second-order valence-electron chi connectivity index (χ2n) is 8.26. The van der Waals surface area contributed by atoms with Crippen molar-refractivity contribution in [3.05, 3.63) is 92.4 Å². The first-order valence-electron chi connectivity index (χ1n) is 10.9. The van der Waals surface area contributed by atoms with Gasteiger partial charge in [-0.05, 0) is 24.8 Å². The molecule has 1 aliphatic carbocycles. The molecule has 8 heteroatoms. The van der Waals surface area contributed by atoms with E-state index in [1.54, 1.807) is 24.3 Å². The largest absolute Gasteiger partial charge is 0.465 e. The molecule has 2 aromatic rings. The van der Waals surface area contributed by atoms with Crippen LogP contribution in [0, 0.1) is 10.1 Å². The Morgan fingerprint density at radius 3 is 2.52 bits per heavy atom. The van der Waals surface area contributed by atoms with Gasteiger partial charge in [0.25, 0.3) is 5.69 Å². The SMILES string of the molecule is COC(=O)C1=C(N2CCCCC2)OC2=C(C(=O)c3ccccc32)C1c1cccc([N+](=O)[O-])c1. The van der Waals surface area contributed by atoms with Crippen molar-refractivity contribution in [2.45, 2.75) is 25.2 Å². The Morgan fingerprint density at radius 1 is 1.09 bits per heavy atom. The van der Waals surface area contributed by atoms with E-state index in [0.717, 1.165) is 19.3 Å². The van der Waals surface area contributed by atoms with Crippen molar-refractivity contribution >= 4 is 23.2 Å². The number of non-ortho nitro benzene ring substituents is 1. The lowest BCUT2D eigenvalue weighted by molar-refractivity contribution is -0.384. The van der Waals surface area contributed by atoms with Gasteiger partial charge in [-0.25, -0.2) is 4.79 Å². The van der Waals surface area contributed by atoms with E-state index in [-0.39, 0.29) is 17.0 Å². The summed E-state index contributed by atoms with van der Waals surface area (Å²) in [6.45, 7) is 1.41. The van der Waals surface area contributed by atoms with Gasteiger partial charge < -0.3 is 14.4 Å². The molecule has 3 aliphatic rings. The quantitative estimate of drug-likeness (QED) is 0.395. The molecule has 168 valence electrons. The number of Topliss-reactive ketones (excluding diaryl/α,β-unsaturated/α-hetero) is 1. The van der Waals surface area contributed by atoms with Crippen molar-refractivity contribution in [1.82, 2.24) is 4.90 Å². The first-order chi connectivity index (χ1) is 16.0. The molecule has 0 saturated carbocycles. The third-order valence-electron chi connectivity index (χ3n) is 6.38. The molecule has 1 saturated heterocycles. The maximum Gasteiger partial charge on any atom is 0.340 e. The van der Waals surface area contributed by atoms with E-state index in [4.69, 9.17) is 9.47 Å². The molecule has 2 aromatic carbocycles. The highest BCUT2D eigenvalue weighted by Crippen LogP contribution is 2.50. The number of ether oxygens (including phenoxy) is 2. The van der Waals surface area contributed by atoms with Gasteiger partial charge in [0.05, 0.1) is 23.5 Å². The van der Waals surface area contributed by atoms with Crippen LogP contribution < -0.4 is 0 Å². The third-order valence-corrected chi connectivity index (χ3v) is 6.38. The second-order valence-corrected chi connectivity index (χ2v) is 8.26. The van der Waals surface area contributed by atoms with Crippen LogP contribution in [0.4, 0.5) is 5.69 Å². The lowest BCUT2D eigenvalue weighted by atomic mass is 9.81. The van der Waals surface area contributed by atoms with Gasteiger partial charge in [-0.3, -0.25) is 14.9 Å². The summed E-state index contributed by atoms with van der Waals surface area (Å²) in [7, 11) is 1.28. The summed E-state index contributed by atoms with van der Waals surface area (Å²) in [5.41, 5.74) is 2.00. The first-order valence-corrected chi connectivity index (χ1v) is 10.9. The Morgan fingerprint density at radius 2 is 1.82 bits per heavy atom. The summed E-state index contributed by atoms with van der Waals surface area (Å²) in [6, 6.07) is 13.2. The van der Waals surface area contributed by atoms with Crippen LogP contribution in [0.1, 0.15) is 46.7 Å². The zero-order valence-corrected chi connectivity index (χ0v) is 18.1. The zero-order valence-electron chi connectivity index (χ0n) is 18.1. The van der Waals surface area contributed by atoms with Crippen molar-refractivity contribution in [2.75, 3.05) is 20.2 Å². The molecule has 8 nitrogen and oxygen atoms in total. The van der Waals surface area contributed by atoms with Gasteiger partial charge in [-0.15, -0.1) is 0 Å². The van der Waals surface area contributed by atoms with Crippen molar-refractivity contribution in [2.24, 2.45) is 0 Å². The molecule has 1 atom stereocenters. The minimum Gasteiger partial charge on any atom is -0.465 e. The number of esters is 1. The van der Waals surface area contributed by atoms with Gasteiger partial charge in [-0.2, -0.15) is 0 Å². The summed E-state index contributed by atoms with van der Waals surface area (Å²) in [4.78, 5) is 39.6. The highest BCUT2D eigenvalue weighted by atomic mass is 16.6. The molecule has 2 aliphatic heterocycles. The number of likely N-dealkylation sites (tertiary alicyclic amines) is 1. The number of benzene rings is 2. The number of carbonyl (C=O) groups excluding carboxylic acids is 2. The highest BCUT2D eigenvalue weighted by Gasteiger charge is 2.46. The van der Waals surface area contributed by atoms with Gasteiger partial charge in [0.1, 0.15) is 11.3 Å². The Labute approximate surface area is 190 Å². The summed E-state index contributed by atoms with van der Waals surface area (Å²) in [5, 5.41) is 11.5. The fourth-order valence-corrected chi connectivity index (χ4v) is 4.86. The molecule has 2 heterocycles. The van der Waals surface area contributed by atoms with Crippen molar-refractivity contribution in [1.29, 1.82) is 0 Å². The lowest BCUT2D eigenvalue weighted by Crippen LogP contribution is -2.36. The van der Waals surface area contributed by atoms with E-state index in [1.165, 1.54) is 19.2 Å². The van der Waals surface area contributed by atoms with E-state index >= 15 is 0 Å². The average molecular weight is 446 g/mol. The highest BCUT2D eigenvalue weighted by molar-refractivity contribution is 6.22. The van der Waals surface area contributed by atoms with Gasteiger partial charge in [0.2, 0.25) is 5.88 Å². The van der Waals surface area contributed by atoms with Crippen LogP contribution in [0.3, 0.4) is 0 Å². The Kier molecular flexibility index (Phi) is 5.20. The number of ketones is 1. The maximum atomic E-state index is 13.5. The predicted molar refractivity (Wildman–Crippen MR) is 119 cm³/mol. The normalized spacial score (nSPS) is 19.7. The Hall–Kier alpha value is -3.94. The molecule has 0 radical (unpaired) electrons. The monoisotopic (exact) mass is 446 g/mol. The number of methoxy groups -OCH3 is 1. The van der Waals surface area contributed by atoms with Crippen LogP contribution in [0.5, 0.6) is 0 Å². The van der Waals surface area contributed by atoms with Crippen LogP contribution >= 0.6 is 0 Å². The number of nitro groups is 1. The van der Waals surface area contributed by atoms with Crippen LogP contribution in [-0.4, -0.2) is 41.8 Å². The van der Waals surface area contributed by atoms with Crippen LogP contribution in [-0.2, 0) is 14.3 Å². The minimum absolute atomic E-state index is 0.118. The minimum atomic E-state index is -0.849. The van der Waals surface area contributed by atoms with Crippen LogP contribution in [0.25, 0.3) is 5.76 Å². The molecular formula is C25H22N2O6. The summed E-state index contributed by atoms with van der Waals surface area (Å²) in [5.74, 6) is -0.960. The van der Waals surface area contributed by atoms with Crippen molar-refractivity contribution in [3.8, 4) is 0 Å². The Balaban J connectivity index is 1.76. The molecule has 5 rings (SSSR count). The van der Waals surface area contributed by atoms with E-state index in [1.807, 2.05) is 17.0 Å². The molecular weight excluding hydrogens is 424 g/mol. The number of hydrogen-bond acceptors (Lipinski definition) is 7. The topological polar surface area (TPSA) is 99.0 Å². The van der Waals surface area contributed by atoms with E-state index in [0.29, 0.717) is 47.0 Å². The molecule has 1 unspecified atom stereocenters. The summed E-state index contributed by atoms with van der Waals surface area (Å²) in [6.07, 6.45) is 2.98. The summed E-state index contributed by atoms with van der Waals surface area (Å²) >= 11 is 0. The number of piperidine rings is 1. The first kappa shape index (κ1) is 20.9. The van der Waals surface area contributed by atoms with Gasteiger partial charge in [0.15, 0.2) is 5.78 Å². The third kappa shape index (κ3) is 3.38. The number of nitro benzene ring substituents is 1. The number of hydrogen-bond donors (Lipinski definition) is 0. The van der Waals surface area contributed by atoms with Crippen LogP contribution in [0.15, 0.2) is 65.6 Å². The molecule has 33 heavy (non-hydrogen) atoms. The smallest absolute Gasteiger partial charge is 0.340 e. The van der Waals surface area contributed by atoms with E-state index in [9.17, 15) is 19.7 Å². The number of allylic oxidation sites excluding steroid dienone is 1. The molecule has 1 fully saturated rings. The predicted octanol–water partition coefficient (Wildman–Crippen LogP) is 4.19. The average Bonchev–Trinajstić information content (AvgIpc) is 3.15. The fraction of sp³-hybridized carbons (Fsp3) is 0.280. The molecule has 0 aromatic heterocycles. The number of nitrogens with zero attached hydrogens (tertiary/aromatic N) is 2.